The van der Waals surface area contributed by atoms with Gasteiger partial charge in [-0.2, -0.15) is 0 Å². The second kappa shape index (κ2) is 6.10. The summed E-state index contributed by atoms with van der Waals surface area (Å²) in [6, 6.07) is 1.85. The Morgan fingerprint density at radius 1 is 1.38 bits per heavy atom. The van der Waals surface area contributed by atoms with Crippen LogP contribution in [0.2, 0.25) is 0 Å². The minimum Gasteiger partial charge on any atom is -0.349 e. The highest BCUT2D eigenvalue weighted by atomic mass is 32.2. The SMILES string of the molecule is CCCNCc1cc(S(=O)(=O)NC2CC2(C)C)cn1CC. The summed E-state index contributed by atoms with van der Waals surface area (Å²) in [6.07, 6.45) is 3.71. The number of nitrogens with one attached hydrogen (secondary N) is 2. The summed E-state index contributed by atoms with van der Waals surface area (Å²) in [7, 11) is -3.41. The number of nitrogens with zero attached hydrogens (tertiary/aromatic N) is 1. The number of hydrogen-bond acceptors (Lipinski definition) is 3. The van der Waals surface area contributed by atoms with Crippen molar-refractivity contribution in [3.05, 3.63) is 18.0 Å². The molecule has 0 bridgehead atoms. The first-order chi connectivity index (χ1) is 9.80. The van der Waals surface area contributed by atoms with Gasteiger partial charge in [0.15, 0.2) is 0 Å². The highest BCUT2D eigenvalue weighted by Crippen LogP contribution is 2.45. The summed E-state index contributed by atoms with van der Waals surface area (Å²) >= 11 is 0. The van der Waals surface area contributed by atoms with Gasteiger partial charge >= 0.3 is 0 Å². The van der Waals surface area contributed by atoms with Gasteiger partial charge in [0.2, 0.25) is 10.0 Å². The zero-order valence-electron chi connectivity index (χ0n) is 13.4. The molecule has 0 radical (unpaired) electrons. The Morgan fingerprint density at radius 3 is 2.57 bits per heavy atom. The van der Waals surface area contributed by atoms with Crippen molar-refractivity contribution in [3.8, 4) is 0 Å². The van der Waals surface area contributed by atoms with Crippen molar-refractivity contribution in [3.63, 3.8) is 0 Å². The van der Waals surface area contributed by atoms with Crippen LogP contribution in [0.15, 0.2) is 17.2 Å². The second-order valence-corrected chi connectivity index (χ2v) is 8.21. The van der Waals surface area contributed by atoms with E-state index in [9.17, 15) is 8.42 Å². The van der Waals surface area contributed by atoms with Gasteiger partial charge in [-0.05, 0) is 37.8 Å². The van der Waals surface area contributed by atoms with Crippen LogP contribution in [0.5, 0.6) is 0 Å². The van der Waals surface area contributed by atoms with E-state index in [1.165, 1.54) is 0 Å². The van der Waals surface area contributed by atoms with Crippen molar-refractivity contribution in [2.75, 3.05) is 6.54 Å². The van der Waals surface area contributed by atoms with Crippen LogP contribution in [0.4, 0.5) is 0 Å². The fourth-order valence-corrected chi connectivity index (χ4v) is 3.90. The molecule has 1 heterocycles. The van der Waals surface area contributed by atoms with Crippen LogP contribution in [0.1, 0.15) is 46.2 Å². The van der Waals surface area contributed by atoms with Gasteiger partial charge in [-0.15, -0.1) is 0 Å². The van der Waals surface area contributed by atoms with Gasteiger partial charge in [-0.1, -0.05) is 20.8 Å². The summed E-state index contributed by atoms with van der Waals surface area (Å²) in [5.41, 5.74) is 1.10. The molecular weight excluding hydrogens is 286 g/mol. The smallest absolute Gasteiger partial charge is 0.242 e. The Balaban J connectivity index is 2.12. The van der Waals surface area contributed by atoms with E-state index >= 15 is 0 Å². The number of hydrogen-bond donors (Lipinski definition) is 2. The van der Waals surface area contributed by atoms with Crippen LogP contribution < -0.4 is 10.0 Å². The molecular formula is C15H27N3O2S. The summed E-state index contributed by atoms with van der Waals surface area (Å²) in [4.78, 5) is 0.375. The van der Waals surface area contributed by atoms with E-state index < -0.39 is 10.0 Å². The predicted molar refractivity (Wildman–Crippen MR) is 84.6 cm³/mol. The molecule has 1 aliphatic rings. The lowest BCUT2D eigenvalue weighted by atomic mass is 10.2. The zero-order valence-corrected chi connectivity index (χ0v) is 14.3. The summed E-state index contributed by atoms with van der Waals surface area (Å²) in [6.45, 7) is 10.7. The molecule has 1 atom stereocenters. The maximum Gasteiger partial charge on any atom is 0.242 e. The van der Waals surface area contributed by atoms with E-state index in [0.717, 1.165) is 31.6 Å². The van der Waals surface area contributed by atoms with E-state index in [1.54, 1.807) is 12.3 Å². The lowest BCUT2D eigenvalue weighted by Crippen LogP contribution is -2.28. The highest BCUT2D eigenvalue weighted by Gasteiger charge is 2.48. The van der Waals surface area contributed by atoms with Crippen molar-refractivity contribution in [2.24, 2.45) is 5.41 Å². The molecule has 1 unspecified atom stereocenters. The Kier molecular flexibility index (Phi) is 4.80. The number of aromatic nitrogens is 1. The minimum absolute atomic E-state index is 0.0640. The quantitative estimate of drug-likeness (QED) is 0.722. The van der Waals surface area contributed by atoms with Crippen LogP contribution in [0, 0.1) is 5.41 Å². The highest BCUT2D eigenvalue weighted by molar-refractivity contribution is 7.89. The lowest BCUT2D eigenvalue weighted by molar-refractivity contribution is 0.554. The second-order valence-electron chi connectivity index (χ2n) is 6.50. The molecule has 1 fully saturated rings. The van der Waals surface area contributed by atoms with Gasteiger partial charge in [0, 0.05) is 31.0 Å². The van der Waals surface area contributed by atoms with Crippen LogP contribution in [0.3, 0.4) is 0 Å². The average Bonchev–Trinajstić information content (AvgIpc) is 2.84. The molecule has 0 spiro atoms. The first-order valence-electron chi connectivity index (χ1n) is 7.72. The fraction of sp³-hybridized carbons (Fsp3) is 0.733. The van der Waals surface area contributed by atoms with Gasteiger partial charge in [0.05, 0.1) is 4.90 Å². The molecule has 120 valence electrons. The van der Waals surface area contributed by atoms with E-state index in [1.807, 2.05) is 11.5 Å². The molecule has 5 nitrogen and oxygen atoms in total. The summed E-state index contributed by atoms with van der Waals surface area (Å²) < 4.78 is 29.7. The van der Waals surface area contributed by atoms with Gasteiger partial charge < -0.3 is 9.88 Å². The van der Waals surface area contributed by atoms with E-state index in [-0.39, 0.29) is 11.5 Å². The number of sulfonamides is 1. The number of rotatable bonds is 8. The molecule has 21 heavy (non-hydrogen) atoms. The third-order valence-electron chi connectivity index (χ3n) is 4.16. The van der Waals surface area contributed by atoms with Crippen molar-refractivity contribution < 1.29 is 8.42 Å². The molecule has 1 saturated carbocycles. The molecule has 1 aromatic heterocycles. The van der Waals surface area contributed by atoms with Crippen LogP contribution in [-0.2, 0) is 23.1 Å². The first-order valence-corrected chi connectivity index (χ1v) is 9.20. The van der Waals surface area contributed by atoms with Crippen molar-refractivity contribution >= 4 is 10.0 Å². The first kappa shape index (κ1) is 16.5. The molecule has 0 saturated heterocycles. The van der Waals surface area contributed by atoms with Crippen molar-refractivity contribution in [1.29, 1.82) is 0 Å². The molecule has 1 aromatic rings. The fourth-order valence-electron chi connectivity index (χ4n) is 2.43. The molecule has 0 amide bonds. The van der Waals surface area contributed by atoms with E-state index in [4.69, 9.17) is 0 Å². The predicted octanol–water partition coefficient (Wildman–Crippen LogP) is 2.08. The van der Waals surface area contributed by atoms with Crippen molar-refractivity contribution in [2.45, 2.75) is 64.6 Å². The van der Waals surface area contributed by atoms with E-state index in [2.05, 4.69) is 30.8 Å². The molecule has 2 N–H and O–H groups in total. The molecule has 0 aliphatic heterocycles. The monoisotopic (exact) mass is 313 g/mol. The average molecular weight is 313 g/mol. The largest absolute Gasteiger partial charge is 0.349 e. The van der Waals surface area contributed by atoms with Crippen LogP contribution in [-0.4, -0.2) is 25.6 Å². The van der Waals surface area contributed by atoms with Crippen LogP contribution >= 0.6 is 0 Å². The molecule has 0 aromatic carbocycles. The van der Waals surface area contributed by atoms with Crippen molar-refractivity contribution in [1.82, 2.24) is 14.6 Å². The van der Waals surface area contributed by atoms with E-state index in [0.29, 0.717) is 11.4 Å². The lowest BCUT2D eigenvalue weighted by Gasteiger charge is -2.06. The maximum absolute atomic E-state index is 12.4. The van der Waals surface area contributed by atoms with Crippen LogP contribution in [0.25, 0.3) is 0 Å². The Bertz CT molecular complexity index is 590. The topological polar surface area (TPSA) is 63.1 Å². The summed E-state index contributed by atoms with van der Waals surface area (Å²) in [5, 5.41) is 3.32. The Morgan fingerprint density at radius 2 is 2.05 bits per heavy atom. The standard InChI is InChI=1S/C15H27N3O2S/c1-5-7-16-10-12-8-13(11-18(12)6-2)21(19,20)17-14-9-15(14,3)4/h8,11,14,16-17H,5-7,9-10H2,1-4H3. The van der Waals surface area contributed by atoms with Gasteiger partial charge in [-0.25, -0.2) is 13.1 Å². The Labute approximate surface area is 128 Å². The van der Waals surface area contributed by atoms with Gasteiger partial charge in [0.25, 0.3) is 0 Å². The minimum atomic E-state index is -3.41. The third kappa shape index (κ3) is 3.87. The van der Waals surface area contributed by atoms with Gasteiger partial charge in [-0.3, -0.25) is 0 Å². The maximum atomic E-state index is 12.4. The summed E-state index contributed by atoms with van der Waals surface area (Å²) in [5.74, 6) is 0. The molecule has 2 rings (SSSR count). The zero-order chi connectivity index (χ0) is 15.7. The Hall–Kier alpha value is -0.850. The normalized spacial score (nSPS) is 20.7. The third-order valence-corrected chi connectivity index (χ3v) is 5.59. The van der Waals surface area contributed by atoms with Gasteiger partial charge in [0.1, 0.15) is 0 Å². The molecule has 6 heteroatoms. The number of aryl methyl sites for hydroxylation is 1. The molecule has 1 aliphatic carbocycles.